The van der Waals surface area contributed by atoms with Crippen LogP contribution in [0.4, 0.5) is 13.2 Å². The van der Waals surface area contributed by atoms with E-state index in [0.29, 0.717) is 5.92 Å². The molecule has 2 aliphatic rings. The lowest BCUT2D eigenvalue weighted by Gasteiger charge is -2.33. The van der Waals surface area contributed by atoms with Crippen molar-refractivity contribution < 1.29 is 32.6 Å². The molecule has 0 unspecified atom stereocenters. The smallest absolute Gasteiger partial charge is 0.475 e. The van der Waals surface area contributed by atoms with Crippen molar-refractivity contribution in [2.75, 3.05) is 20.1 Å². The number of hydrogen-bond acceptors (Lipinski definition) is 6. The Balaban J connectivity index is 0.000000321. The molecule has 152 valence electrons. The van der Waals surface area contributed by atoms with Gasteiger partial charge in [0.1, 0.15) is 6.10 Å². The lowest BCUT2D eigenvalue weighted by molar-refractivity contribution is -0.192. The number of fused-ring (bicyclic) bond motifs is 1. The van der Waals surface area contributed by atoms with Gasteiger partial charge >= 0.3 is 12.1 Å². The SMILES string of the molecule is CNC(=O)[C@H]1C[C@@H]2CCN(Cc3csc(C)n3)C[C@@H]2O1.O=C(O)C(F)(F)F. The molecule has 0 aliphatic carbocycles. The Morgan fingerprint density at radius 2 is 2.15 bits per heavy atom. The number of nitrogens with zero attached hydrogens (tertiary/aromatic N) is 2. The number of aryl methyl sites for hydroxylation is 1. The van der Waals surface area contributed by atoms with Crippen LogP contribution in [0.1, 0.15) is 23.5 Å². The molecular formula is C16H22F3N3O4S. The maximum Gasteiger partial charge on any atom is 0.490 e. The minimum absolute atomic E-state index is 0.0149. The van der Waals surface area contributed by atoms with Crippen LogP contribution in [0.5, 0.6) is 0 Å². The van der Waals surface area contributed by atoms with E-state index in [0.717, 1.165) is 43.2 Å². The van der Waals surface area contributed by atoms with Crippen molar-refractivity contribution in [3.8, 4) is 0 Å². The van der Waals surface area contributed by atoms with Crippen molar-refractivity contribution in [3.63, 3.8) is 0 Å². The van der Waals surface area contributed by atoms with Crippen LogP contribution in [0.25, 0.3) is 0 Å². The summed E-state index contributed by atoms with van der Waals surface area (Å²) >= 11 is 1.70. The Labute approximate surface area is 158 Å². The van der Waals surface area contributed by atoms with E-state index in [1.54, 1.807) is 18.4 Å². The van der Waals surface area contributed by atoms with Crippen LogP contribution in [0.15, 0.2) is 5.38 Å². The Bertz CT molecular complexity index is 668. The summed E-state index contributed by atoms with van der Waals surface area (Å²) in [5.74, 6) is -2.21. The van der Waals surface area contributed by atoms with Gasteiger partial charge in [-0.3, -0.25) is 9.69 Å². The van der Waals surface area contributed by atoms with Gasteiger partial charge in [-0.15, -0.1) is 11.3 Å². The highest BCUT2D eigenvalue weighted by molar-refractivity contribution is 7.09. The molecule has 0 aromatic carbocycles. The van der Waals surface area contributed by atoms with E-state index in [1.165, 1.54) is 0 Å². The zero-order valence-corrected chi connectivity index (χ0v) is 15.8. The summed E-state index contributed by atoms with van der Waals surface area (Å²) in [7, 11) is 1.67. The van der Waals surface area contributed by atoms with E-state index in [1.807, 2.05) is 6.92 Å². The number of amides is 1. The zero-order chi connectivity index (χ0) is 20.2. The largest absolute Gasteiger partial charge is 0.490 e. The molecule has 2 N–H and O–H groups in total. The van der Waals surface area contributed by atoms with Gasteiger partial charge in [0.25, 0.3) is 0 Å². The normalized spacial score (nSPS) is 25.3. The number of carbonyl (C=O) groups is 2. The molecule has 1 aromatic heterocycles. The third-order valence-electron chi connectivity index (χ3n) is 4.47. The first-order valence-corrected chi connectivity index (χ1v) is 9.28. The Morgan fingerprint density at radius 1 is 1.48 bits per heavy atom. The standard InChI is InChI=1S/C14H21N3O2S.C2HF3O2/c1-9-16-11(8-20-9)6-17-4-3-10-5-12(14(18)15-2)19-13(10)7-17;3-2(4,5)1(6)7/h8,10,12-13H,3-7H2,1-2H3,(H,15,18);(H,6,7)/t10-,12+,13-;/m0./s1. The van der Waals surface area contributed by atoms with E-state index in [-0.39, 0.29) is 18.1 Å². The van der Waals surface area contributed by atoms with Crippen molar-refractivity contribution in [2.45, 2.75) is 44.7 Å². The van der Waals surface area contributed by atoms with Gasteiger partial charge in [-0.1, -0.05) is 0 Å². The zero-order valence-electron chi connectivity index (χ0n) is 15.0. The molecule has 27 heavy (non-hydrogen) atoms. The number of carboxylic acid groups (broad SMARTS) is 1. The van der Waals surface area contributed by atoms with Gasteiger partial charge in [-0.05, 0) is 32.2 Å². The third kappa shape index (κ3) is 6.15. The second kappa shape index (κ2) is 8.98. The molecule has 0 saturated carbocycles. The van der Waals surface area contributed by atoms with Gasteiger partial charge in [0.05, 0.1) is 16.8 Å². The first-order chi connectivity index (χ1) is 12.6. The number of halogens is 3. The number of hydrogen-bond donors (Lipinski definition) is 2. The highest BCUT2D eigenvalue weighted by atomic mass is 32.1. The molecule has 1 aromatic rings. The maximum absolute atomic E-state index is 11.7. The fraction of sp³-hybridized carbons (Fsp3) is 0.688. The van der Waals surface area contributed by atoms with E-state index in [9.17, 15) is 18.0 Å². The summed E-state index contributed by atoms with van der Waals surface area (Å²) in [6.45, 7) is 4.91. The summed E-state index contributed by atoms with van der Waals surface area (Å²) in [4.78, 5) is 27.5. The first-order valence-electron chi connectivity index (χ1n) is 8.40. The number of aliphatic carboxylic acids is 1. The first kappa shape index (κ1) is 21.6. The molecule has 0 radical (unpaired) electrons. The molecule has 3 atom stereocenters. The van der Waals surface area contributed by atoms with Crippen LogP contribution in [0, 0.1) is 12.8 Å². The molecule has 3 heterocycles. The monoisotopic (exact) mass is 409 g/mol. The number of likely N-dealkylation sites (N-methyl/N-ethyl adjacent to an activating group) is 1. The molecule has 0 spiro atoms. The highest BCUT2D eigenvalue weighted by Crippen LogP contribution is 2.33. The predicted molar refractivity (Wildman–Crippen MR) is 91.3 cm³/mol. The molecule has 11 heteroatoms. The quantitative estimate of drug-likeness (QED) is 0.791. The fourth-order valence-electron chi connectivity index (χ4n) is 3.18. The summed E-state index contributed by atoms with van der Waals surface area (Å²) in [5.41, 5.74) is 1.15. The average Bonchev–Trinajstić information content (AvgIpc) is 3.19. The number of carbonyl (C=O) groups excluding carboxylic acids is 1. The Hall–Kier alpha value is -1.72. The van der Waals surface area contributed by atoms with Crippen LogP contribution < -0.4 is 5.32 Å². The number of piperidine rings is 1. The maximum atomic E-state index is 11.7. The van der Waals surface area contributed by atoms with Gasteiger partial charge in [0, 0.05) is 25.5 Å². The number of alkyl halides is 3. The van der Waals surface area contributed by atoms with E-state index in [4.69, 9.17) is 14.6 Å². The molecule has 2 fully saturated rings. The summed E-state index contributed by atoms with van der Waals surface area (Å²) in [5, 5.41) is 13.1. The summed E-state index contributed by atoms with van der Waals surface area (Å²) in [6.07, 6.45) is -3.16. The van der Waals surface area contributed by atoms with Gasteiger partial charge in [0.15, 0.2) is 0 Å². The Morgan fingerprint density at radius 3 is 2.67 bits per heavy atom. The van der Waals surface area contributed by atoms with Gasteiger partial charge in [-0.25, -0.2) is 9.78 Å². The average molecular weight is 409 g/mol. The number of ether oxygens (including phenoxy) is 1. The van der Waals surface area contributed by atoms with Gasteiger partial charge in [-0.2, -0.15) is 13.2 Å². The second-order valence-electron chi connectivity index (χ2n) is 6.46. The minimum atomic E-state index is -5.08. The number of carboxylic acids is 1. The van der Waals surface area contributed by atoms with E-state index < -0.39 is 12.1 Å². The number of aromatic nitrogens is 1. The van der Waals surface area contributed by atoms with Gasteiger partial charge < -0.3 is 15.2 Å². The molecular weight excluding hydrogens is 387 g/mol. The second-order valence-corrected chi connectivity index (χ2v) is 7.52. The number of thiazole rings is 1. The molecule has 7 nitrogen and oxygen atoms in total. The van der Waals surface area contributed by atoms with Crippen LogP contribution in [0.3, 0.4) is 0 Å². The minimum Gasteiger partial charge on any atom is -0.475 e. The van der Waals surface area contributed by atoms with E-state index in [2.05, 4.69) is 20.6 Å². The van der Waals surface area contributed by atoms with Crippen molar-refractivity contribution in [3.05, 3.63) is 16.1 Å². The molecule has 3 rings (SSSR count). The predicted octanol–water partition coefficient (Wildman–Crippen LogP) is 1.81. The van der Waals surface area contributed by atoms with Crippen molar-refractivity contribution >= 4 is 23.2 Å². The summed E-state index contributed by atoms with van der Waals surface area (Å²) in [6, 6.07) is 0. The third-order valence-corrected chi connectivity index (χ3v) is 5.29. The summed E-state index contributed by atoms with van der Waals surface area (Å²) < 4.78 is 37.7. The van der Waals surface area contributed by atoms with Crippen LogP contribution in [-0.2, 0) is 20.9 Å². The Kier molecular flexibility index (Phi) is 7.18. The van der Waals surface area contributed by atoms with Crippen molar-refractivity contribution in [1.29, 1.82) is 0 Å². The van der Waals surface area contributed by atoms with Crippen molar-refractivity contribution in [1.82, 2.24) is 15.2 Å². The van der Waals surface area contributed by atoms with Crippen LogP contribution in [0.2, 0.25) is 0 Å². The number of nitrogens with one attached hydrogen (secondary N) is 1. The van der Waals surface area contributed by atoms with Crippen LogP contribution >= 0.6 is 11.3 Å². The van der Waals surface area contributed by atoms with Crippen molar-refractivity contribution in [2.24, 2.45) is 5.92 Å². The lowest BCUT2D eigenvalue weighted by atomic mass is 9.91. The molecule has 1 amide bonds. The van der Waals surface area contributed by atoms with Crippen LogP contribution in [-0.4, -0.2) is 65.4 Å². The highest BCUT2D eigenvalue weighted by Gasteiger charge is 2.41. The van der Waals surface area contributed by atoms with E-state index >= 15 is 0 Å². The fourth-order valence-corrected chi connectivity index (χ4v) is 3.78. The molecule has 0 bridgehead atoms. The molecule has 2 aliphatic heterocycles. The number of likely N-dealkylation sites (tertiary alicyclic amines) is 1. The van der Waals surface area contributed by atoms with Gasteiger partial charge in [0.2, 0.25) is 5.91 Å². The number of rotatable bonds is 3. The lowest BCUT2D eigenvalue weighted by Crippen LogP contribution is -2.42. The molecule has 2 saturated heterocycles. The topological polar surface area (TPSA) is 91.8 Å².